The van der Waals surface area contributed by atoms with Crippen molar-refractivity contribution in [1.29, 1.82) is 0 Å². The number of ether oxygens (including phenoxy) is 2. The minimum atomic E-state index is 0.294. The van der Waals surface area contributed by atoms with Crippen LogP contribution >= 0.6 is 0 Å². The normalized spacial score (nSPS) is 18.2. The SMILES string of the molecule is CCNc1cc(NCC2CCCO2)nc(COCC)n1. The number of hydrogen-bond acceptors (Lipinski definition) is 6. The van der Waals surface area contributed by atoms with Gasteiger partial charge in [-0.05, 0) is 26.7 Å². The summed E-state index contributed by atoms with van der Waals surface area (Å²) in [6.07, 6.45) is 2.56. The molecule has 1 saturated heterocycles. The maximum atomic E-state index is 5.60. The van der Waals surface area contributed by atoms with Crippen molar-refractivity contribution < 1.29 is 9.47 Å². The van der Waals surface area contributed by atoms with E-state index < -0.39 is 0 Å². The van der Waals surface area contributed by atoms with Crippen molar-refractivity contribution in [3.63, 3.8) is 0 Å². The molecule has 0 saturated carbocycles. The molecule has 112 valence electrons. The molecule has 0 aliphatic carbocycles. The van der Waals surface area contributed by atoms with Crippen LogP contribution in [0.25, 0.3) is 0 Å². The van der Waals surface area contributed by atoms with Crippen LogP contribution < -0.4 is 10.6 Å². The molecule has 2 heterocycles. The average molecular weight is 280 g/mol. The van der Waals surface area contributed by atoms with Gasteiger partial charge in [-0.2, -0.15) is 0 Å². The van der Waals surface area contributed by atoms with Gasteiger partial charge in [0, 0.05) is 32.4 Å². The van der Waals surface area contributed by atoms with Gasteiger partial charge in [0.25, 0.3) is 0 Å². The molecule has 1 aliphatic heterocycles. The predicted octanol–water partition coefficient (Wildman–Crippen LogP) is 2.04. The molecule has 0 amide bonds. The van der Waals surface area contributed by atoms with Crippen LogP contribution in [0.3, 0.4) is 0 Å². The van der Waals surface area contributed by atoms with Crippen molar-refractivity contribution >= 4 is 11.6 Å². The summed E-state index contributed by atoms with van der Waals surface area (Å²) in [6.45, 7) is 7.59. The largest absolute Gasteiger partial charge is 0.376 e. The van der Waals surface area contributed by atoms with E-state index in [1.165, 1.54) is 0 Å². The van der Waals surface area contributed by atoms with E-state index in [0.29, 0.717) is 25.1 Å². The van der Waals surface area contributed by atoms with Crippen molar-refractivity contribution in [2.24, 2.45) is 0 Å². The van der Waals surface area contributed by atoms with Crippen LogP contribution in [0.4, 0.5) is 11.6 Å². The Morgan fingerprint density at radius 3 is 2.75 bits per heavy atom. The Morgan fingerprint density at radius 1 is 1.30 bits per heavy atom. The van der Waals surface area contributed by atoms with Gasteiger partial charge < -0.3 is 20.1 Å². The van der Waals surface area contributed by atoms with E-state index in [9.17, 15) is 0 Å². The highest BCUT2D eigenvalue weighted by Gasteiger charge is 2.15. The molecule has 20 heavy (non-hydrogen) atoms. The summed E-state index contributed by atoms with van der Waals surface area (Å²) in [5.41, 5.74) is 0. The highest BCUT2D eigenvalue weighted by molar-refractivity contribution is 5.47. The Bertz CT molecular complexity index is 408. The van der Waals surface area contributed by atoms with Crippen molar-refractivity contribution in [2.75, 3.05) is 36.9 Å². The molecule has 1 aromatic heterocycles. The Kier molecular flexibility index (Phi) is 6.01. The van der Waals surface area contributed by atoms with Gasteiger partial charge in [-0.1, -0.05) is 0 Å². The van der Waals surface area contributed by atoms with Gasteiger partial charge in [-0.3, -0.25) is 0 Å². The monoisotopic (exact) mass is 280 g/mol. The lowest BCUT2D eigenvalue weighted by molar-refractivity contribution is 0.120. The third kappa shape index (κ3) is 4.61. The molecule has 0 spiro atoms. The lowest BCUT2D eigenvalue weighted by atomic mass is 10.2. The van der Waals surface area contributed by atoms with E-state index in [1.54, 1.807) is 0 Å². The lowest BCUT2D eigenvalue weighted by Gasteiger charge is -2.13. The first-order chi connectivity index (χ1) is 9.81. The van der Waals surface area contributed by atoms with E-state index in [1.807, 2.05) is 19.9 Å². The number of aromatic nitrogens is 2. The van der Waals surface area contributed by atoms with E-state index in [-0.39, 0.29) is 0 Å². The zero-order valence-corrected chi connectivity index (χ0v) is 12.3. The maximum Gasteiger partial charge on any atom is 0.158 e. The Morgan fingerprint density at radius 2 is 2.10 bits per heavy atom. The molecule has 1 atom stereocenters. The van der Waals surface area contributed by atoms with Crippen molar-refractivity contribution in [3.8, 4) is 0 Å². The first kappa shape index (κ1) is 15.0. The zero-order chi connectivity index (χ0) is 14.2. The Labute approximate surface area is 120 Å². The Hall–Kier alpha value is -1.40. The smallest absolute Gasteiger partial charge is 0.158 e. The quantitative estimate of drug-likeness (QED) is 0.759. The number of anilines is 2. The maximum absolute atomic E-state index is 5.60. The second-order valence-electron chi connectivity index (χ2n) is 4.74. The molecule has 6 heteroatoms. The summed E-state index contributed by atoms with van der Waals surface area (Å²) >= 11 is 0. The van der Waals surface area contributed by atoms with Gasteiger partial charge in [-0.15, -0.1) is 0 Å². The van der Waals surface area contributed by atoms with E-state index in [2.05, 4.69) is 20.6 Å². The minimum absolute atomic E-state index is 0.294. The van der Waals surface area contributed by atoms with E-state index in [0.717, 1.165) is 44.2 Å². The fourth-order valence-electron chi connectivity index (χ4n) is 2.14. The van der Waals surface area contributed by atoms with Crippen LogP contribution in [0, 0.1) is 0 Å². The van der Waals surface area contributed by atoms with E-state index >= 15 is 0 Å². The van der Waals surface area contributed by atoms with Crippen LogP contribution in [0.15, 0.2) is 6.07 Å². The molecule has 2 N–H and O–H groups in total. The lowest BCUT2D eigenvalue weighted by Crippen LogP contribution is -2.19. The average Bonchev–Trinajstić information content (AvgIpc) is 2.96. The predicted molar refractivity (Wildman–Crippen MR) is 79.0 cm³/mol. The first-order valence-electron chi connectivity index (χ1n) is 7.36. The summed E-state index contributed by atoms with van der Waals surface area (Å²) < 4.78 is 11.0. The second-order valence-corrected chi connectivity index (χ2v) is 4.74. The molecule has 6 nitrogen and oxygen atoms in total. The van der Waals surface area contributed by atoms with Gasteiger partial charge >= 0.3 is 0 Å². The van der Waals surface area contributed by atoms with Crippen molar-refractivity contribution in [2.45, 2.75) is 39.4 Å². The third-order valence-corrected chi connectivity index (χ3v) is 3.10. The molecule has 0 radical (unpaired) electrons. The van der Waals surface area contributed by atoms with Crippen LogP contribution in [-0.4, -0.2) is 42.4 Å². The fraction of sp³-hybridized carbons (Fsp3) is 0.714. The summed E-state index contributed by atoms with van der Waals surface area (Å²) in [5, 5.41) is 6.55. The van der Waals surface area contributed by atoms with Crippen LogP contribution in [0.1, 0.15) is 32.5 Å². The molecule has 1 aliphatic rings. The molecular formula is C14H24N4O2. The van der Waals surface area contributed by atoms with Crippen LogP contribution in [-0.2, 0) is 16.1 Å². The van der Waals surface area contributed by atoms with Gasteiger partial charge in [0.2, 0.25) is 0 Å². The topological polar surface area (TPSA) is 68.3 Å². The standard InChI is InChI=1S/C14H24N4O2/c1-3-15-12-8-13(16-9-11-6-5-7-20-11)18-14(17-12)10-19-4-2/h8,11H,3-7,9-10H2,1-2H3,(H2,15,16,17,18). The third-order valence-electron chi connectivity index (χ3n) is 3.10. The molecule has 2 rings (SSSR count). The number of nitrogens with zero attached hydrogens (tertiary/aromatic N) is 2. The highest BCUT2D eigenvalue weighted by atomic mass is 16.5. The van der Waals surface area contributed by atoms with Crippen molar-refractivity contribution in [3.05, 3.63) is 11.9 Å². The molecule has 0 aromatic carbocycles. The molecule has 1 aromatic rings. The number of hydrogen-bond donors (Lipinski definition) is 2. The Balaban J connectivity index is 1.98. The van der Waals surface area contributed by atoms with Gasteiger partial charge in [0.1, 0.15) is 18.2 Å². The second kappa shape index (κ2) is 8.01. The summed E-state index contributed by atoms with van der Waals surface area (Å²) in [4.78, 5) is 8.89. The van der Waals surface area contributed by atoms with E-state index in [4.69, 9.17) is 9.47 Å². The van der Waals surface area contributed by atoms with Crippen LogP contribution in [0.2, 0.25) is 0 Å². The van der Waals surface area contributed by atoms with Gasteiger partial charge in [-0.25, -0.2) is 9.97 Å². The molecule has 1 fully saturated rings. The minimum Gasteiger partial charge on any atom is -0.376 e. The molecule has 0 bridgehead atoms. The fourth-order valence-corrected chi connectivity index (χ4v) is 2.14. The first-order valence-corrected chi connectivity index (χ1v) is 7.36. The zero-order valence-electron chi connectivity index (χ0n) is 12.3. The number of rotatable bonds is 8. The summed E-state index contributed by atoms with van der Waals surface area (Å²) in [6, 6.07) is 1.92. The molecular weight excluding hydrogens is 256 g/mol. The number of nitrogens with one attached hydrogen (secondary N) is 2. The summed E-state index contributed by atoms with van der Waals surface area (Å²) in [5.74, 6) is 2.34. The summed E-state index contributed by atoms with van der Waals surface area (Å²) in [7, 11) is 0. The molecule has 1 unspecified atom stereocenters. The van der Waals surface area contributed by atoms with Crippen molar-refractivity contribution in [1.82, 2.24) is 9.97 Å². The highest BCUT2D eigenvalue weighted by Crippen LogP contribution is 2.15. The van der Waals surface area contributed by atoms with Gasteiger partial charge in [0.15, 0.2) is 5.82 Å². The van der Waals surface area contributed by atoms with Crippen LogP contribution in [0.5, 0.6) is 0 Å². The van der Waals surface area contributed by atoms with Gasteiger partial charge in [0.05, 0.1) is 6.10 Å².